The van der Waals surface area contributed by atoms with Crippen LogP contribution in [0.4, 0.5) is 10.1 Å². The Bertz CT molecular complexity index is 855. The molecule has 2 N–H and O–H groups in total. The number of benzene rings is 2. The SMILES string of the molecule is COc1ccc2[nH]c(C)c(C(=O)Nc3ccccc3F)c2c1. The van der Waals surface area contributed by atoms with Gasteiger partial charge >= 0.3 is 0 Å². The number of para-hydroxylation sites is 1. The van der Waals surface area contributed by atoms with Crippen LogP contribution in [0.25, 0.3) is 10.9 Å². The first kappa shape index (κ1) is 14.1. The van der Waals surface area contributed by atoms with E-state index >= 15 is 0 Å². The highest BCUT2D eigenvalue weighted by atomic mass is 19.1. The maximum Gasteiger partial charge on any atom is 0.258 e. The van der Waals surface area contributed by atoms with Crippen LogP contribution in [0.2, 0.25) is 0 Å². The highest BCUT2D eigenvalue weighted by Gasteiger charge is 2.17. The summed E-state index contributed by atoms with van der Waals surface area (Å²) in [5.74, 6) is -0.167. The first-order valence-corrected chi connectivity index (χ1v) is 6.82. The van der Waals surface area contributed by atoms with E-state index in [4.69, 9.17) is 4.74 Å². The van der Waals surface area contributed by atoms with Crippen LogP contribution in [-0.2, 0) is 0 Å². The summed E-state index contributed by atoms with van der Waals surface area (Å²) in [6.07, 6.45) is 0. The van der Waals surface area contributed by atoms with Gasteiger partial charge in [0, 0.05) is 16.6 Å². The average molecular weight is 298 g/mol. The Kier molecular flexibility index (Phi) is 3.55. The van der Waals surface area contributed by atoms with Crippen LogP contribution < -0.4 is 10.1 Å². The molecular formula is C17H15FN2O2. The van der Waals surface area contributed by atoms with E-state index in [0.717, 1.165) is 16.6 Å². The molecule has 0 saturated carbocycles. The molecule has 0 fully saturated rings. The molecule has 0 unspecified atom stereocenters. The lowest BCUT2D eigenvalue weighted by Crippen LogP contribution is -2.13. The number of H-pyrrole nitrogens is 1. The van der Waals surface area contributed by atoms with E-state index < -0.39 is 5.82 Å². The van der Waals surface area contributed by atoms with E-state index in [-0.39, 0.29) is 11.6 Å². The minimum Gasteiger partial charge on any atom is -0.497 e. The van der Waals surface area contributed by atoms with Gasteiger partial charge in [0.05, 0.1) is 18.4 Å². The molecule has 0 saturated heterocycles. The lowest BCUT2D eigenvalue weighted by molar-refractivity contribution is 0.102. The van der Waals surface area contributed by atoms with Gasteiger partial charge in [-0.3, -0.25) is 4.79 Å². The van der Waals surface area contributed by atoms with Crippen molar-refractivity contribution in [2.24, 2.45) is 0 Å². The number of aryl methyl sites for hydroxylation is 1. The van der Waals surface area contributed by atoms with Crippen LogP contribution >= 0.6 is 0 Å². The number of aromatic nitrogens is 1. The van der Waals surface area contributed by atoms with Gasteiger partial charge in [-0.15, -0.1) is 0 Å². The molecule has 0 radical (unpaired) electrons. The molecule has 1 heterocycles. The Hall–Kier alpha value is -2.82. The van der Waals surface area contributed by atoms with Crippen molar-refractivity contribution in [1.82, 2.24) is 4.98 Å². The number of nitrogens with one attached hydrogen (secondary N) is 2. The first-order chi connectivity index (χ1) is 10.6. The van der Waals surface area contributed by atoms with Gasteiger partial charge in [-0.1, -0.05) is 12.1 Å². The predicted molar refractivity (Wildman–Crippen MR) is 83.9 cm³/mol. The van der Waals surface area contributed by atoms with Crippen molar-refractivity contribution in [3.8, 4) is 5.75 Å². The number of carbonyl (C=O) groups is 1. The molecule has 3 aromatic rings. The van der Waals surface area contributed by atoms with Crippen LogP contribution in [0.15, 0.2) is 42.5 Å². The molecule has 0 spiro atoms. The van der Waals surface area contributed by atoms with Crippen molar-refractivity contribution in [2.45, 2.75) is 6.92 Å². The van der Waals surface area contributed by atoms with Crippen LogP contribution in [0.1, 0.15) is 16.1 Å². The van der Waals surface area contributed by atoms with Gasteiger partial charge in [-0.2, -0.15) is 0 Å². The molecule has 3 rings (SSSR count). The third kappa shape index (κ3) is 2.41. The van der Waals surface area contributed by atoms with Crippen LogP contribution in [0, 0.1) is 12.7 Å². The number of fused-ring (bicyclic) bond motifs is 1. The van der Waals surface area contributed by atoms with Crippen molar-refractivity contribution in [3.05, 3.63) is 59.5 Å². The Balaban J connectivity index is 2.03. The summed E-state index contributed by atoms with van der Waals surface area (Å²) in [5, 5.41) is 3.35. The zero-order valence-electron chi connectivity index (χ0n) is 12.2. The summed E-state index contributed by atoms with van der Waals surface area (Å²) in [7, 11) is 1.57. The third-order valence-corrected chi connectivity index (χ3v) is 3.54. The van der Waals surface area contributed by atoms with Gasteiger partial charge in [0.1, 0.15) is 11.6 Å². The molecule has 0 atom stereocenters. The maximum absolute atomic E-state index is 13.7. The largest absolute Gasteiger partial charge is 0.497 e. The second kappa shape index (κ2) is 5.52. The number of carbonyl (C=O) groups excluding carboxylic acids is 1. The maximum atomic E-state index is 13.7. The molecule has 5 heteroatoms. The summed E-state index contributed by atoms with van der Waals surface area (Å²) in [6.45, 7) is 1.81. The number of aromatic amines is 1. The molecule has 1 amide bonds. The fourth-order valence-electron chi connectivity index (χ4n) is 2.47. The second-order valence-corrected chi connectivity index (χ2v) is 4.97. The normalized spacial score (nSPS) is 10.7. The van der Waals surface area contributed by atoms with Crippen LogP contribution in [-0.4, -0.2) is 18.0 Å². The molecule has 0 aliphatic carbocycles. The molecule has 22 heavy (non-hydrogen) atoms. The first-order valence-electron chi connectivity index (χ1n) is 6.82. The number of halogens is 1. The van der Waals surface area contributed by atoms with E-state index in [2.05, 4.69) is 10.3 Å². The molecule has 0 aliphatic rings. The highest BCUT2D eigenvalue weighted by molar-refractivity contribution is 6.14. The van der Waals surface area contributed by atoms with Gasteiger partial charge in [-0.05, 0) is 37.3 Å². The molecular weight excluding hydrogens is 283 g/mol. The topological polar surface area (TPSA) is 54.1 Å². The van der Waals surface area contributed by atoms with Crippen molar-refractivity contribution in [1.29, 1.82) is 0 Å². The van der Waals surface area contributed by atoms with E-state index in [1.54, 1.807) is 25.3 Å². The minimum atomic E-state index is -0.467. The van der Waals surface area contributed by atoms with Crippen molar-refractivity contribution < 1.29 is 13.9 Å². The van der Waals surface area contributed by atoms with Crippen LogP contribution in [0.5, 0.6) is 5.75 Å². The fraction of sp³-hybridized carbons (Fsp3) is 0.118. The summed E-state index contributed by atoms with van der Waals surface area (Å²) in [4.78, 5) is 15.7. The number of anilines is 1. The summed E-state index contributed by atoms with van der Waals surface area (Å²) < 4.78 is 18.9. The Labute approximate surface area is 126 Å². The van der Waals surface area contributed by atoms with Gasteiger partial charge in [-0.25, -0.2) is 4.39 Å². The number of amides is 1. The zero-order valence-corrected chi connectivity index (χ0v) is 12.2. The minimum absolute atomic E-state index is 0.157. The summed E-state index contributed by atoms with van der Waals surface area (Å²) >= 11 is 0. The molecule has 2 aromatic carbocycles. The number of hydrogen-bond donors (Lipinski definition) is 2. The van der Waals surface area contributed by atoms with Crippen molar-refractivity contribution >= 4 is 22.5 Å². The Morgan fingerprint density at radius 3 is 2.73 bits per heavy atom. The van der Waals surface area contributed by atoms with E-state index in [1.807, 2.05) is 19.1 Å². The monoisotopic (exact) mass is 298 g/mol. The van der Waals surface area contributed by atoms with Crippen LogP contribution in [0.3, 0.4) is 0 Å². The van der Waals surface area contributed by atoms with Gasteiger partial charge in [0.25, 0.3) is 5.91 Å². The average Bonchev–Trinajstić information content (AvgIpc) is 2.84. The summed E-state index contributed by atoms with van der Waals surface area (Å²) in [5.41, 5.74) is 2.19. The van der Waals surface area contributed by atoms with Crippen molar-refractivity contribution in [2.75, 3.05) is 12.4 Å². The predicted octanol–water partition coefficient (Wildman–Crippen LogP) is 3.88. The summed E-state index contributed by atoms with van der Waals surface area (Å²) in [6, 6.07) is 11.5. The highest BCUT2D eigenvalue weighted by Crippen LogP contribution is 2.27. The standard InChI is InChI=1S/C17H15FN2O2/c1-10-16(12-9-11(22-2)7-8-14(12)19-10)17(21)20-15-6-4-3-5-13(15)18/h3-9,19H,1-2H3,(H,20,21). The van der Waals surface area contributed by atoms with Gasteiger partial charge in [0.15, 0.2) is 0 Å². The Morgan fingerprint density at radius 1 is 1.23 bits per heavy atom. The number of hydrogen-bond acceptors (Lipinski definition) is 2. The molecule has 1 aromatic heterocycles. The molecule has 0 aliphatic heterocycles. The zero-order chi connectivity index (χ0) is 15.7. The van der Waals surface area contributed by atoms with Gasteiger partial charge in [0.2, 0.25) is 0 Å². The molecule has 4 nitrogen and oxygen atoms in total. The fourth-order valence-corrected chi connectivity index (χ4v) is 2.47. The Morgan fingerprint density at radius 2 is 2.00 bits per heavy atom. The lowest BCUT2D eigenvalue weighted by Gasteiger charge is -2.07. The number of rotatable bonds is 3. The van der Waals surface area contributed by atoms with E-state index in [1.165, 1.54) is 12.1 Å². The quantitative estimate of drug-likeness (QED) is 0.771. The number of methoxy groups -OCH3 is 1. The lowest BCUT2D eigenvalue weighted by atomic mass is 10.1. The smallest absolute Gasteiger partial charge is 0.258 e. The second-order valence-electron chi connectivity index (χ2n) is 4.97. The number of ether oxygens (including phenoxy) is 1. The van der Waals surface area contributed by atoms with E-state index in [9.17, 15) is 9.18 Å². The third-order valence-electron chi connectivity index (χ3n) is 3.54. The van der Waals surface area contributed by atoms with Crippen molar-refractivity contribution in [3.63, 3.8) is 0 Å². The van der Waals surface area contributed by atoms with Gasteiger partial charge < -0.3 is 15.0 Å². The van der Waals surface area contributed by atoms with E-state index in [0.29, 0.717) is 11.3 Å². The molecule has 112 valence electrons. The molecule has 0 bridgehead atoms.